The number of methoxy groups -OCH3 is 2. The van der Waals surface area contributed by atoms with E-state index in [2.05, 4.69) is 9.47 Å². The van der Waals surface area contributed by atoms with Gasteiger partial charge in [0.15, 0.2) is 5.60 Å². The standard InChI is InChI=1S/C19H28O6/c1-18(2,25-14-15-9-6-5-7-10-15)11-8-12-19(22,17(21)24-4)13-16(20)23-3/h5-7,9-10,22H,8,11-14H2,1-4H3. The van der Waals surface area contributed by atoms with Crippen molar-refractivity contribution in [2.45, 2.75) is 57.3 Å². The Hall–Kier alpha value is -1.92. The number of hydrogen-bond donors (Lipinski definition) is 1. The van der Waals surface area contributed by atoms with Crippen LogP contribution in [-0.2, 0) is 30.4 Å². The molecule has 0 radical (unpaired) electrons. The summed E-state index contributed by atoms with van der Waals surface area (Å²) >= 11 is 0. The molecule has 0 saturated heterocycles. The Balaban J connectivity index is 2.55. The van der Waals surface area contributed by atoms with Crippen molar-refractivity contribution in [1.29, 1.82) is 0 Å². The highest BCUT2D eigenvalue weighted by Crippen LogP contribution is 2.26. The number of hydrogen-bond acceptors (Lipinski definition) is 6. The fourth-order valence-electron chi connectivity index (χ4n) is 2.50. The van der Waals surface area contributed by atoms with Gasteiger partial charge in [-0.3, -0.25) is 4.79 Å². The van der Waals surface area contributed by atoms with E-state index in [0.717, 1.165) is 5.56 Å². The van der Waals surface area contributed by atoms with Crippen molar-refractivity contribution in [3.05, 3.63) is 35.9 Å². The van der Waals surface area contributed by atoms with Crippen LogP contribution in [0, 0.1) is 0 Å². The lowest BCUT2D eigenvalue weighted by Gasteiger charge is -2.28. The minimum atomic E-state index is -1.88. The molecule has 0 saturated carbocycles. The van der Waals surface area contributed by atoms with Gasteiger partial charge < -0.3 is 19.3 Å². The Morgan fingerprint density at radius 1 is 1.04 bits per heavy atom. The molecule has 0 aromatic heterocycles. The first-order valence-corrected chi connectivity index (χ1v) is 8.28. The SMILES string of the molecule is COC(=O)CC(O)(CCCC(C)(C)OCc1ccccc1)C(=O)OC. The van der Waals surface area contributed by atoms with E-state index >= 15 is 0 Å². The van der Waals surface area contributed by atoms with Crippen LogP contribution < -0.4 is 0 Å². The highest BCUT2D eigenvalue weighted by Gasteiger charge is 2.40. The quantitative estimate of drug-likeness (QED) is 0.652. The van der Waals surface area contributed by atoms with E-state index in [-0.39, 0.29) is 6.42 Å². The smallest absolute Gasteiger partial charge is 0.338 e. The van der Waals surface area contributed by atoms with Crippen LogP contribution in [0.3, 0.4) is 0 Å². The zero-order valence-corrected chi connectivity index (χ0v) is 15.4. The second kappa shape index (κ2) is 9.53. The number of carbonyl (C=O) groups excluding carboxylic acids is 2. The van der Waals surface area contributed by atoms with Gasteiger partial charge in [0.1, 0.15) is 0 Å². The van der Waals surface area contributed by atoms with E-state index < -0.39 is 29.6 Å². The zero-order valence-electron chi connectivity index (χ0n) is 15.4. The lowest BCUT2D eigenvalue weighted by atomic mass is 9.90. The molecule has 0 aliphatic heterocycles. The van der Waals surface area contributed by atoms with Crippen molar-refractivity contribution in [1.82, 2.24) is 0 Å². The lowest BCUT2D eigenvalue weighted by Crippen LogP contribution is -2.42. The summed E-state index contributed by atoms with van der Waals surface area (Å²) in [4.78, 5) is 23.3. The van der Waals surface area contributed by atoms with E-state index in [0.29, 0.717) is 19.4 Å². The average molecular weight is 352 g/mol. The Kier molecular flexibility index (Phi) is 8.06. The Morgan fingerprint density at radius 3 is 2.24 bits per heavy atom. The van der Waals surface area contributed by atoms with Crippen LogP contribution >= 0.6 is 0 Å². The van der Waals surface area contributed by atoms with Gasteiger partial charge in [-0.25, -0.2) is 4.79 Å². The van der Waals surface area contributed by atoms with Gasteiger partial charge in [0.05, 0.1) is 32.8 Å². The Bertz CT molecular complexity index is 554. The molecule has 1 N–H and O–H groups in total. The predicted molar refractivity (Wildman–Crippen MR) is 92.8 cm³/mol. The van der Waals surface area contributed by atoms with E-state index in [9.17, 15) is 14.7 Å². The number of carbonyl (C=O) groups is 2. The van der Waals surface area contributed by atoms with Crippen LogP contribution in [0.4, 0.5) is 0 Å². The molecule has 1 unspecified atom stereocenters. The summed E-state index contributed by atoms with van der Waals surface area (Å²) in [6, 6.07) is 9.83. The fraction of sp³-hybridized carbons (Fsp3) is 0.579. The van der Waals surface area contributed by atoms with E-state index in [1.54, 1.807) is 0 Å². The summed E-state index contributed by atoms with van der Waals surface area (Å²) < 4.78 is 15.1. The third-order valence-corrected chi connectivity index (χ3v) is 4.07. The monoisotopic (exact) mass is 352 g/mol. The molecule has 25 heavy (non-hydrogen) atoms. The maximum absolute atomic E-state index is 11.8. The molecular formula is C19H28O6. The Morgan fingerprint density at radius 2 is 1.68 bits per heavy atom. The molecule has 0 heterocycles. The molecule has 0 amide bonds. The first-order chi connectivity index (χ1) is 11.7. The molecular weight excluding hydrogens is 324 g/mol. The molecule has 1 aromatic carbocycles. The predicted octanol–water partition coefficient (Wildman–Crippen LogP) is 2.62. The van der Waals surface area contributed by atoms with E-state index in [1.807, 2.05) is 44.2 Å². The van der Waals surface area contributed by atoms with Crippen molar-refractivity contribution in [3.8, 4) is 0 Å². The number of esters is 2. The normalized spacial score (nSPS) is 13.8. The number of ether oxygens (including phenoxy) is 3. The molecule has 0 aliphatic carbocycles. The third kappa shape index (κ3) is 7.23. The lowest BCUT2D eigenvalue weighted by molar-refractivity contribution is -0.170. The van der Waals surface area contributed by atoms with Gasteiger partial charge in [-0.05, 0) is 38.7 Å². The fourth-order valence-corrected chi connectivity index (χ4v) is 2.50. The van der Waals surface area contributed by atoms with Gasteiger partial charge in [-0.2, -0.15) is 0 Å². The van der Waals surface area contributed by atoms with Crippen LogP contribution in [0.1, 0.15) is 45.1 Å². The van der Waals surface area contributed by atoms with Crippen molar-refractivity contribution in [2.24, 2.45) is 0 Å². The molecule has 0 aliphatic rings. The summed E-state index contributed by atoms with van der Waals surface area (Å²) in [6.07, 6.45) is 0.763. The molecule has 1 rings (SSSR count). The topological polar surface area (TPSA) is 82.1 Å². The molecule has 6 nitrogen and oxygen atoms in total. The maximum atomic E-state index is 11.8. The third-order valence-electron chi connectivity index (χ3n) is 4.07. The van der Waals surface area contributed by atoms with Gasteiger partial charge in [0.25, 0.3) is 0 Å². The molecule has 1 atom stereocenters. The van der Waals surface area contributed by atoms with Gasteiger partial charge in [0, 0.05) is 0 Å². The second-order valence-corrected chi connectivity index (χ2v) is 6.66. The summed E-state index contributed by atoms with van der Waals surface area (Å²) in [6.45, 7) is 4.39. The first-order valence-electron chi connectivity index (χ1n) is 8.28. The highest BCUT2D eigenvalue weighted by molar-refractivity contribution is 5.85. The van der Waals surface area contributed by atoms with Gasteiger partial charge >= 0.3 is 11.9 Å². The molecule has 0 bridgehead atoms. The number of rotatable bonds is 10. The Labute approximate surface area is 149 Å². The van der Waals surface area contributed by atoms with E-state index in [4.69, 9.17) is 4.74 Å². The summed E-state index contributed by atoms with van der Waals surface area (Å²) in [5.74, 6) is -1.49. The van der Waals surface area contributed by atoms with Crippen molar-refractivity contribution in [2.75, 3.05) is 14.2 Å². The van der Waals surface area contributed by atoms with Crippen LogP contribution in [-0.4, -0.2) is 42.5 Å². The molecule has 6 heteroatoms. The highest BCUT2D eigenvalue weighted by atomic mass is 16.5. The minimum Gasteiger partial charge on any atom is -0.469 e. The van der Waals surface area contributed by atoms with Crippen molar-refractivity contribution < 1.29 is 28.9 Å². The average Bonchev–Trinajstić information content (AvgIpc) is 2.59. The van der Waals surface area contributed by atoms with Crippen LogP contribution in [0.15, 0.2) is 30.3 Å². The first kappa shape index (κ1) is 21.1. The summed E-state index contributed by atoms with van der Waals surface area (Å²) in [5.41, 5.74) is -1.23. The molecule has 140 valence electrons. The minimum absolute atomic E-state index is 0.0902. The second-order valence-electron chi connectivity index (χ2n) is 6.66. The number of aliphatic hydroxyl groups is 1. The molecule has 0 fully saturated rings. The van der Waals surface area contributed by atoms with Gasteiger partial charge in [-0.15, -0.1) is 0 Å². The van der Waals surface area contributed by atoms with Crippen LogP contribution in [0.2, 0.25) is 0 Å². The molecule has 0 spiro atoms. The maximum Gasteiger partial charge on any atom is 0.338 e. The summed E-state index contributed by atoms with van der Waals surface area (Å²) in [5, 5.41) is 10.5. The molecule has 1 aromatic rings. The van der Waals surface area contributed by atoms with Crippen molar-refractivity contribution in [3.63, 3.8) is 0 Å². The zero-order chi connectivity index (χ0) is 18.9. The van der Waals surface area contributed by atoms with Gasteiger partial charge in [-0.1, -0.05) is 30.3 Å². The summed E-state index contributed by atoms with van der Waals surface area (Å²) in [7, 11) is 2.39. The number of benzene rings is 1. The van der Waals surface area contributed by atoms with Crippen LogP contribution in [0.25, 0.3) is 0 Å². The van der Waals surface area contributed by atoms with Crippen molar-refractivity contribution >= 4 is 11.9 Å². The van der Waals surface area contributed by atoms with Crippen LogP contribution in [0.5, 0.6) is 0 Å². The largest absolute Gasteiger partial charge is 0.469 e. The van der Waals surface area contributed by atoms with E-state index in [1.165, 1.54) is 14.2 Å². The van der Waals surface area contributed by atoms with Gasteiger partial charge in [0.2, 0.25) is 0 Å².